The van der Waals surface area contributed by atoms with Crippen LogP contribution in [0.4, 0.5) is 0 Å². The standard InChI is InChI=1S/C61H115NO7/c1-4-7-10-13-16-19-21-23-25-27-29-31-33-35-37-40-43-46-49-52-58(64)68-60(66)55-54-56(62-57(63)51-48-45-42-39-18-15-12-9-6-3)61(67)69-59(65)53-50-47-44-41-38-36-34-32-30-28-26-24-22-20-17-14-11-8-5-2/h56H,4-55H2,1-3H3,(H,62,63)/t56-/m0/s1. The van der Waals surface area contributed by atoms with Crippen LogP contribution in [0.2, 0.25) is 0 Å². The van der Waals surface area contributed by atoms with Crippen LogP contribution in [0.15, 0.2) is 0 Å². The third kappa shape index (κ3) is 51.9. The number of hydrogen-bond donors (Lipinski definition) is 1. The third-order valence-electron chi connectivity index (χ3n) is 14.2. The normalized spacial score (nSPS) is 11.8. The molecular formula is C61H115NO7. The summed E-state index contributed by atoms with van der Waals surface area (Å²) in [6, 6.07) is -1.16. The van der Waals surface area contributed by atoms with Gasteiger partial charge in [-0.1, -0.05) is 303 Å². The number of hydrogen-bond acceptors (Lipinski definition) is 7. The zero-order valence-corrected chi connectivity index (χ0v) is 46.2. The number of carbonyl (C=O) groups is 5. The van der Waals surface area contributed by atoms with Crippen molar-refractivity contribution in [3.05, 3.63) is 0 Å². The van der Waals surface area contributed by atoms with Gasteiger partial charge in [-0.15, -0.1) is 0 Å². The lowest BCUT2D eigenvalue weighted by molar-refractivity contribution is -0.162. The van der Waals surface area contributed by atoms with Gasteiger partial charge in [0, 0.05) is 25.7 Å². The van der Waals surface area contributed by atoms with Crippen molar-refractivity contribution in [3.63, 3.8) is 0 Å². The van der Waals surface area contributed by atoms with Gasteiger partial charge >= 0.3 is 23.9 Å². The molecule has 0 spiro atoms. The van der Waals surface area contributed by atoms with Crippen molar-refractivity contribution in [1.29, 1.82) is 0 Å². The quantitative estimate of drug-likeness (QED) is 0.0367. The van der Waals surface area contributed by atoms with Gasteiger partial charge in [0.2, 0.25) is 5.91 Å². The highest BCUT2D eigenvalue weighted by molar-refractivity contribution is 5.92. The molecule has 0 aliphatic heterocycles. The van der Waals surface area contributed by atoms with Gasteiger partial charge < -0.3 is 14.8 Å². The Hall–Kier alpha value is -2.25. The largest absolute Gasteiger partial charge is 0.393 e. The lowest BCUT2D eigenvalue weighted by atomic mass is 10.0. The second kappa shape index (κ2) is 55.1. The van der Waals surface area contributed by atoms with Crippen LogP contribution in [0.25, 0.3) is 0 Å². The minimum Gasteiger partial charge on any atom is -0.393 e. The molecule has 0 aromatic carbocycles. The molecule has 8 heteroatoms. The van der Waals surface area contributed by atoms with Crippen LogP contribution in [0.1, 0.15) is 355 Å². The molecule has 0 saturated heterocycles. The van der Waals surface area contributed by atoms with Gasteiger partial charge in [-0.05, 0) is 25.7 Å². The summed E-state index contributed by atoms with van der Waals surface area (Å²) < 4.78 is 10.3. The van der Waals surface area contributed by atoms with E-state index in [-0.39, 0.29) is 38.0 Å². The van der Waals surface area contributed by atoms with Crippen LogP contribution >= 0.6 is 0 Å². The molecule has 0 saturated carbocycles. The Morgan fingerprint density at radius 1 is 0.275 bits per heavy atom. The Bertz CT molecular complexity index is 1160. The van der Waals surface area contributed by atoms with Crippen LogP contribution in [0, 0.1) is 0 Å². The van der Waals surface area contributed by atoms with Gasteiger partial charge in [0.25, 0.3) is 0 Å². The summed E-state index contributed by atoms with van der Waals surface area (Å²) in [5, 5.41) is 2.72. The van der Waals surface area contributed by atoms with E-state index in [4.69, 9.17) is 9.47 Å². The fourth-order valence-electron chi connectivity index (χ4n) is 9.53. The molecule has 8 nitrogen and oxygen atoms in total. The van der Waals surface area contributed by atoms with E-state index >= 15 is 0 Å². The van der Waals surface area contributed by atoms with Crippen molar-refractivity contribution in [2.75, 3.05) is 0 Å². The summed E-state index contributed by atoms with van der Waals surface area (Å²) in [6.45, 7) is 6.77. The smallest absolute Gasteiger partial charge is 0.336 e. The van der Waals surface area contributed by atoms with E-state index in [1.54, 1.807) is 0 Å². The molecule has 0 aromatic rings. The Morgan fingerprint density at radius 3 is 0.768 bits per heavy atom. The predicted octanol–water partition coefficient (Wildman–Crippen LogP) is 19.0. The number of ether oxygens (including phenoxy) is 2. The average molecular weight is 975 g/mol. The van der Waals surface area contributed by atoms with Crippen molar-refractivity contribution in [2.45, 2.75) is 361 Å². The maximum Gasteiger partial charge on any atom is 0.336 e. The van der Waals surface area contributed by atoms with Gasteiger partial charge in [-0.3, -0.25) is 19.2 Å². The maximum absolute atomic E-state index is 13.2. The molecule has 0 aromatic heterocycles. The second-order valence-electron chi connectivity index (χ2n) is 21.1. The summed E-state index contributed by atoms with van der Waals surface area (Å²) in [5.74, 6) is -3.06. The molecule has 0 rings (SSSR count). The predicted molar refractivity (Wildman–Crippen MR) is 291 cm³/mol. The summed E-state index contributed by atoms with van der Waals surface area (Å²) in [7, 11) is 0. The summed E-state index contributed by atoms with van der Waals surface area (Å²) in [4.78, 5) is 63.9. The molecule has 0 aliphatic rings. The van der Waals surface area contributed by atoms with Gasteiger partial charge in [0.1, 0.15) is 6.04 Å². The van der Waals surface area contributed by atoms with Crippen LogP contribution in [-0.2, 0) is 33.4 Å². The zero-order chi connectivity index (χ0) is 50.4. The topological polar surface area (TPSA) is 116 Å². The van der Waals surface area contributed by atoms with Gasteiger partial charge in [0.15, 0.2) is 0 Å². The molecule has 0 radical (unpaired) electrons. The maximum atomic E-state index is 13.2. The molecule has 0 bridgehead atoms. The molecule has 1 amide bonds. The first-order valence-electron chi connectivity index (χ1n) is 30.6. The minimum atomic E-state index is -1.16. The first-order chi connectivity index (χ1) is 33.8. The molecule has 1 atom stereocenters. The molecule has 406 valence electrons. The zero-order valence-electron chi connectivity index (χ0n) is 46.2. The van der Waals surface area contributed by atoms with E-state index in [1.165, 1.54) is 225 Å². The van der Waals surface area contributed by atoms with Crippen molar-refractivity contribution >= 4 is 29.8 Å². The van der Waals surface area contributed by atoms with Crippen LogP contribution in [-0.4, -0.2) is 35.8 Å². The van der Waals surface area contributed by atoms with E-state index in [9.17, 15) is 24.0 Å². The van der Waals surface area contributed by atoms with Crippen LogP contribution in [0.3, 0.4) is 0 Å². The lowest BCUT2D eigenvalue weighted by Gasteiger charge is -2.17. The average Bonchev–Trinajstić information content (AvgIpc) is 3.33. The first-order valence-corrected chi connectivity index (χ1v) is 30.6. The molecule has 0 fully saturated rings. The number of unbranched alkanes of at least 4 members (excludes halogenated alkanes) is 44. The molecule has 0 heterocycles. The number of amides is 1. The van der Waals surface area contributed by atoms with E-state index in [0.29, 0.717) is 19.3 Å². The molecule has 0 unspecified atom stereocenters. The van der Waals surface area contributed by atoms with E-state index in [0.717, 1.165) is 57.8 Å². The van der Waals surface area contributed by atoms with Crippen molar-refractivity contribution in [1.82, 2.24) is 5.32 Å². The van der Waals surface area contributed by atoms with Gasteiger partial charge in [0.05, 0.1) is 0 Å². The van der Waals surface area contributed by atoms with Crippen LogP contribution < -0.4 is 5.32 Å². The van der Waals surface area contributed by atoms with Crippen molar-refractivity contribution in [2.24, 2.45) is 0 Å². The highest BCUT2D eigenvalue weighted by atomic mass is 16.6. The summed E-state index contributed by atoms with van der Waals surface area (Å²) in [6.07, 6.45) is 58.8. The fourth-order valence-corrected chi connectivity index (χ4v) is 9.53. The molecule has 69 heavy (non-hydrogen) atoms. The van der Waals surface area contributed by atoms with Crippen molar-refractivity contribution < 1.29 is 33.4 Å². The number of carbonyl (C=O) groups excluding carboxylic acids is 5. The Morgan fingerprint density at radius 2 is 0.493 bits per heavy atom. The molecular weight excluding hydrogens is 859 g/mol. The summed E-state index contributed by atoms with van der Waals surface area (Å²) >= 11 is 0. The van der Waals surface area contributed by atoms with Crippen LogP contribution in [0.5, 0.6) is 0 Å². The third-order valence-corrected chi connectivity index (χ3v) is 14.2. The van der Waals surface area contributed by atoms with Gasteiger partial charge in [-0.25, -0.2) is 4.79 Å². The highest BCUT2D eigenvalue weighted by Gasteiger charge is 2.26. The summed E-state index contributed by atoms with van der Waals surface area (Å²) in [5.41, 5.74) is 0. The Balaban J connectivity index is 4.34. The monoisotopic (exact) mass is 974 g/mol. The fraction of sp³-hybridized carbons (Fsp3) is 0.918. The molecule has 1 N–H and O–H groups in total. The minimum absolute atomic E-state index is 0.0970. The second-order valence-corrected chi connectivity index (χ2v) is 21.1. The highest BCUT2D eigenvalue weighted by Crippen LogP contribution is 2.18. The molecule has 0 aliphatic carbocycles. The Labute approximate surface area is 427 Å². The van der Waals surface area contributed by atoms with E-state index < -0.39 is 29.9 Å². The first kappa shape index (κ1) is 66.8. The number of esters is 4. The van der Waals surface area contributed by atoms with E-state index in [2.05, 4.69) is 26.1 Å². The SMILES string of the molecule is CCCCCCCCCCCCCCCCCCCCCC(=O)OC(=O)CC[C@H](NC(=O)CCCCCCCCCCC)C(=O)OC(=O)CCCCCCCCCCCCCCCCCCCCC. The van der Waals surface area contributed by atoms with E-state index in [1.807, 2.05) is 0 Å². The number of nitrogens with one attached hydrogen (secondary N) is 1. The van der Waals surface area contributed by atoms with Crippen molar-refractivity contribution in [3.8, 4) is 0 Å². The lowest BCUT2D eigenvalue weighted by Crippen LogP contribution is -2.43. The van der Waals surface area contributed by atoms with Gasteiger partial charge in [-0.2, -0.15) is 0 Å². The number of rotatable bonds is 55. The Kier molecular flexibility index (Phi) is 53.3.